The third-order valence-electron chi connectivity index (χ3n) is 3.55. The van der Waals surface area contributed by atoms with Crippen molar-refractivity contribution >= 4 is 0 Å². The number of aliphatic hydroxyl groups excluding tert-OH is 1. The molecule has 1 rings (SSSR count). The lowest BCUT2D eigenvalue weighted by Gasteiger charge is -2.39. The number of hydrogen-bond acceptors (Lipinski definition) is 4. The van der Waals surface area contributed by atoms with Crippen molar-refractivity contribution in [2.45, 2.75) is 57.7 Å². The first-order valence-electron chi connectivity index (χ1n) is 6.85. The molecule has 0 aromatic rings. The minimum Gasteiger partial charge on any atom is -0.394 e. The number of rotatable bonds is 7. The molecule has 0 aromatic heterocycles. The van der Waals surface area contributed by atoms with Gasteiger partial charge < -0.3 is 15.6 Å². The summed E-state index contributed by atoms with van der Waals surface area (Å²) in [7, 11) is 0. The molecule has 1 fully saturated rings. The molecule has 1 saturated carbocycles. The van der Waals surface area contributed by atoms with Gasteiger partial charge in [0.15, 0.2) is 0 Å². The maximum absolute atomic E-state index is 8.67. The Kier molecular flexibility index (Phi) is 7.04. The molecule has 2 unspecified atom stereocenters. The molecule has 0 saturated heterocycles. The van der Waals surface area contributed by atoms with E-state index in [1.54, 1.807) is 0 Å². The van der Waals surface area contributed by atoms with Crippen LogP contribution in [0.25, 0.3) is 0 Å². The zero-order valence-corrected chi connectivity index (χ0v) is 11.3. The molecule has 3 N–H and O–H groups in total. The van der Waals surface area contributed by atoms with Gasteiger partial charge in [-0.15, -0.1) is 0 Å². The normalized spacial score (nSPS) is 25.8. The lowest BCUT2D eigenvalue weighted by Crippen LogP contribution is -2.47. The van der Waals surface area contributed by atoms with Gasteiger partial charge in [-0.2, -0.15) is 0 Å². The summed E-state index contributed by atoms with van der Waals surface area (Å²) < 4.78 is 5.36. The zero-order valence-electron chi connectivity index (χ0n) is 11.3. The second kappa shape index (κ2) is 8.03. The zero-order chi connectivity index (χ0) is 12.7. The van der Waals surface area contributed by atoms with Crippen molar-refractivity contribution in [1.29, 1.82) is 0 Å². The molecule has 0 heterocycles. The average molecular weight is 244 g/mol. The van der Waals surface area contributed by atoms with Gasteiger partial charge in [0.05, 0.1) is 19.8 Å². The van der Waals surface area contributed by atoms with Crippen LogP contribution in [-0.4, -0.2) is 54.5 Å². The van der Waals surface area contributed by atoms with Crippen LogP contribution in [0.3, 0.4) is 0 Å². The van der Waals surface area contributed by atoms with E-state index in [1.165, 1.54) is 19.3 Å². The molecule has 17 heavy (non-hydrogen) atoms. The molecule has 1 aliphatic rings. The van der Waals surface area contributed by atoms with E-state index in [4.69, 9.17) is 15.6 Å². The fourth-order valence-electron chi connectivity index (χ4n) is 2.70. The molecule has 0 bridgehead atoms. The van der Waals surface area contributed by atoms with Gasteiger partial charge in [0.1, 0.15) is 0 Å². The summed E-state index contributed by atoms with van der Waals surface area (Å²) in [6.45, 7) is 6.64. The predicted molar refractivity (Wildman–Crippen MR) is 70.0 cm³/mol. The Hall–Kier alpha value is -0.160. The fraction of sp³-hybridized carbons (Fsp3) is 1.00. The van der Waals surface area contributed by atoms with Crippen molar-refractivity contribution < 1.29 is 9.84 Å². The summed E-state index contributed by atoms with van der Waals surface area (Å²) in [5.74, 6) is 0. The maximum Gasteiger partial charge on any atom is 0.0698 e. The van der Waals surface area contributed by atoms with Crippen molar-refractivity contribution in [1.82, 2.24) is 4.90 Å². The lowest BCUT2D eigenvalue weighted by molar-refractivity contribution is 0.0424. The van der Waals surface area contributed by atoms with E-state index in [0.29, 0.717) is 31.3 Å². The van der Waals surface area contributed by atoms with Crippen LogP contribution < -0.4 is 5.73 Å². The Balaban J connectivity index is 2.36. The highest BCUT2D eigenvalue weighted by Crippen LogP contribution is 2.23. The largest absolute Gasteiger partial charge is 0.394 e. The molecular formula is C13H28N2O2. The van der Waals surface area contributed by atoms with Crippen LogP contribution >= 0.6 is 0 Å². The van der Waals surface area contributed by atoms with Crippen LogP contribution in [0.2, 0.25) is 0 Å². The van der Waals surface area contributed by atoms with Crippen LogP contribution in [-0.2, 0) is 4.74 Å². The fourth-order valence-corrected chi connectivity index (χ4v) is 2.70. The average Bonchev–Trinajstić information content (AvgIpc) is 2.28. The Morgan fingerprint density at radius 1 is 1.35 bits per heavy atom. The van der Waals surface area contributed by atoms with Crippen molar-refractivity contribution in [2.75, 3.05) is 26.4 Å². The maximum atomic E-state index is 8.67. The molecule has 0 spiro atoms. The van der Waals surface area contributed by atoms with Gasteiger partial charge in [-0.1, -0.05) is 6.42 Å². The quantitative estimate of drug-likeness (QED) is 0.655. The highest BCUT2D eigenvalue weighted by atomic mass is 16.5. The highest BCUT2D eigenvalue weighted by Gasteiger charge is 2.26. The molecule has 0 radical (unpaired) electrons. The summed E-state index contributed by atoms with van der Waals surface area (Å²) in [5.41, 5.74) is 6.05. The molecule has 4 heteroatoms. The standard InChI is InChI=1S/C13H28N2O2/c1-11(2)15(6-8-17-9-7-16)13-5-3-4-12(14)10-13/h11-13,16H,3-10,14H2,1-2H3. The van der Waals surface area contributed by atoms with Gasteiger partial charge in [0.25, 0.3) is 0 Å². The Morgan fingerprint density at radius 2 is 2.12 bits per heavy atom. The van der Waals surface area contributed by atoms with Crippen LogP contribution in [0, 0.1) is 0 Å². The van der Waals surface area contributed by atoms with Crippen LogP contribution in [0.5, 0.6) is 0 Å². The van der Waals surface area contributed by atoms with Crippen molar-refractivity contribution in [3.8, 4) is 0 Å². The number of ether oxygens (including phenoxy) is 1. The SMILES string of the molecule is CC(C)N(CCOCCO)C1CCCC(N)C1. The first kappa shape index (κ1) is 14.9. The van der Waals surface area contributed by atoms with E-state index < -0.39 is 0 Å². The third kappa shape index (κ3) is 5.34. The second-order valence-electron chi connectivity index (χ2n) is 5.25. The third-order valence-corrected chi connectivity index (χ3v) is 3.55. The van der Waals surface area contributed by atoms with Gasteiger partial charge in [-0.25, -0.2) is 0 Å². The van der Waals surface area contributed by atoms with Crippen molar-refractivity contribution in [3.05, 3.63) is 0 Å². The minimum absolute atomic E-state index is 0.107. The van der Waals surface area contributed by atoms with E-state index in [0.717, 1.165) is 13.0 Å². The van der Waals surface area contributed by atoms with Crippen molar-refractivity contribution in [2.24, 2.45) is 5.73 Å². The number of nitrogens with two attached hydrogens (primary N) is 1. The van der Waals surface area contributed by atoms with E-state index in [1.807, 2.05) is 0 Å². The van der Waals surface area contributed by atoms with Gasteiger partial charge in [0.2, 0.25) is 0 Å². The Labute approximate surface area is 105 Å². The topological polar surface area (TPSA) is 58.7 Å². The Bertz CT molecular complexity index is 200. The van der Waals surface area contributed by atoms with Crippen LogP contribution in [0.15, 0.2) is 0 Å². The summed E-state index contributed by atoms with van der Waals surface area (Å²) >= 11 is 0. The van der Waals surface area contributed by atoms with E-state index in [9.17, 15) is 0 Å². The molecule has 0 aliphatic heterocycles. The summed E-state index contributed by atoms with van der Waals surface area (Å²) in [4.78, 5) is 2.50. The van der Waals surface area contributed by atoms with Gasteiger partial charge >= 0.3 is 0 Å². The molecule has 0 amide bonds. The number of nitrogens with zero attached hydrogens (tertiary/aromatic N) is 1. The van der Waals surface area contributed by atoms with Crippen LogP contribution in [0.4, 0.5) is 0 Å². The molecule has 0 aromatic carbocycles. The van der Waals surface area contributed by atoms with E-state index in [2.05, 4.69) is 18.7 Å². The number of hydrogen-bond donors (Lipinski definition) is 2. The second-order valence-corrected chi connectivity index (χ2v) is 5.25. The number of aliphatic hydroxyl groups is 1. The van der Waals surface area contributed by atoms with Crippen molar-refractivity contribution in [3.63, 3.8) is 0 Å². The van der Waals surface area contributed by atoms with Gasteiger partial charge in [0, 0.05) is 24.7 Å². The van der Waals surface area contributed by atoms with E-state index >= 15 is 0 Å². The van der Waals surface area contributed by atoms with Gasteiger partial charge in [-0.05, 0) is 33.1 Å². The smallest absolute Gasteiger partial charge is 0.0698 e. The minimum atomic E-state index is 0.107. The molecular weight excluding hydrogens is 216 g/mol. The molecule has 102 valence electrons. The molecule has 4 nitrogen and oxygen atoms in total. The Morgan fingerprint density at radius 3 is 2.71 bits per heavy atom. The monoisotopic (exact) mass is 244 g/mol. The van der Waals surface area contributed by atoms with Crippen LogP contribution in [0.1, 0.15) is 39.5 Å². The summed E-state index contributed by atoms with van der Waals surface area (Å²) in [5, 5.41) is 8.67. The first-order chi connectivity index (χ1) is 8.15. The predicted octanol–water partition coefficient (Wildman–Crippen LogP) is 0.976. The summed E-state index contributed by atoms with van der Waals surface area (Å²) in [6.07, 6.45) is 4.78. The van der Waals surface area contributed by atoms with E-state index in [-0.39, 0.29) is 6.61 Å². The first-order valence-corrected chi connectivity index (χ1v) is 6.85. The summed E-state index contributed by atoms with van der Waals surface area (Å²) in [6, 6.07) is 1.51. The van der Waals surface area contributed by atoms with Gasteiger partial charge in [-0.3, -0.25) is 4.90 Å². The molecule has 1 aliphatic carbocycles. The lowest BCUT2D eigenvalue weighted by atomic mass is 9.90. The molecule has 2 atom stereocenters. The highest BCUT2D eigenvalue weighted by molar-refractivity contribution is 4.83.